The summed E-state index contributed by atoms with van der Waals surface area (Å²) in [5, 5.41) is 1.55. The minimum Gasteiger partial charge on any atom is -0.454 e. The highest BCUT2D eigenvalue weighted by Gasteiger charge is 2.18. The Morgan fingerprint density at radius 3 is 2.90 bits per heavy atom. The van der Waals surface area contributed by atoms with Gasteiger partial charge in [0.25, 0.3) is 0 Å². The molecule has 0 fully saturated rings. The molecule has 21 heavy (non-hydrogen) atoms. The van der Waals surface area contributed by atoms with Crippen LogP contribution < -0.4 is 15.2 Å². The second-order valence-electron chi connectivity index (χ2n) is 4.56. The van der Waals surface area contributed by atoms with E-state index in [1.54, 1.807) is 29.6 Å². The van der Waals surface area contributed by atoms with Gasteiger partial charge in [0.05, 0.1) is 0 Å². The van der Waals surface area contributed by atoms with Gasteiger partial charge in [-0.3, -0.25) is 0 Å². The minimum absolute atomic E-state index is 0.280. The van der Waals surface area contributed by atoms with E-state index in [0.29, 0.717) is 16.7 Å². The van der Waals surface area contributed by atoms with Gasteiger partial charge in [-0.25, -0.2) is 9.97 Å². The van der Waals surface area contributed by atoms with Crippen LogP contribution in [-0.4, -0.2) is 23.0 Å². The first-order valence-corrected chi connectivity index (χ1v) is 8.57. The van der Waals surface area contributed by atoms with Gasteiger partial charge in [0.2, 0.25) is 6.79 Å². The van der Waals surface area contributed by atoms with Crippen molar-refractivity contribution in [2.75, 3.05) is 18.8 Å². The van der Waals surface area contributed by atoms with Crippen molar-refractivity contribution in [3.8, 4) is 11.5 Å². The molecule has 0 unspecified atom stereocenters. The highest BCUT2D eigenvalue weighted by atomic mass is 32.2. The second kappa shape index (κ2) is 6.03. The number of aromatic nitrogens is 2. The third-order valence-corrected chi connectivity index (χ3v) is 4.49. The molecule has 5 nitrogen and oxygen atoms in total. The zero-order chi connectivity index (χ0) is 14.8. The maximum atomic E-state index is 5.80. The van der Waals surface area contributed by atoms with E-state index in [9.17, 15) is 0 Å². The number of ether oxygens (including phenoxy) is 2. The number of rotatable bonds is 4. The molecule has 0 atom stereocenters. The van der Waals surface area contributed by atoms with Crippen molar-refractivity contribution in [1.82, 2.24) is 9.97 Å². The molecule has 1 aromatic carbocycles. The zero-order valence-electron chi connectivity index (χ0n) is 11.8. The Labute approximate surface area is 131 Å². The zero-order valence-corrected chi connectivity index (χ0v) is 13.4. The Morgan fingerprint density at radius 2 is 2.10 bits per heavy atom. The van der Waals surface area contributed by atoms with Gasteiger partial charge >= 0.3 is 0 Å². The van der Waals surface area contributed by atoms with Crippen LogP contribution >= 0.6 is 23.5 Å². The number of thioether (sulfide) groups is 2. The van der Waals surface area contributed by atoms with Crippen LogP contribution in [0.25, 0.3) is 0 Å². The van der Waals surface area contributed by atoms with Gasteiger partial charge in [0.15, 0.2) is 16.7 Å². The number of benzene rings is 1. The van der Waals surface area contributed by atoms with E-state index in [1.807, 2.05) is 19.2 Å². The minimum atomic E-state index is 0.280. The molecule has 0 aliphatic carbocycles. The Bertz CT molecular complexity index is 680. The summed E-state index contributed by atoms with van der Waals surface area (Å²) in [6.45, 7) is 2.32. The summed E-state index contributed by atoms with van der Waals surface area (Å²) in [5.74, 6) is 2.84. The van der Waals surface area contributed by atoms with E-state index in [1.165, 1.54) is 0 Å². The van der Waals surface area contributed by atoms with E-state index >= 15 is 0 Å². The lowest BCUT2D eigenvalue weighted by Gasteiger charge is -2.07. The summed E-state index contributed by atoms with van der Waals surface area (Å²) < 4.78 is 11.0. The number of fused-ring (bicyclic) bond motifs is 1. The Kier molecular flexibility index (Phi) is 4.12. The molecule has 2 aromatic rings. The highest BCUT2D eigenvalue weighted by Crippen LogP contribution is 2.39. The molecule has 0 saturated heterocycles. The lowest BCUT2D eigenvalue weighted by molar-refractivity contribution is 0.173. The molecule has 3 rings (SSSR count). The predicted octanol–water partition coefficient (Wildman–Crippen LogP) is 3.11. The number of anilines is 1. The van der Waals surface area contributed by atoms with Gasteiger partial charge < -0.3 is 15.2 Å². The van der Waals surface area contributed by atoms with Crippen LogP contribution in [-0.2, 0) is 5.75 Å². The Morgan fingerprint density at radius 1 is 1.24 bits per heavy atom. The summed E-state index contributed by atoms with van der Waals surface area (Å²) >= 11 is 3.09. The highest BCUT2D eigenvalue weighted by molar-refractivity contribution is 7.99. The number of aryl methyl sites for hydroxylation is 1. The molecule has 7 heteroatoms. The van der Waals surface area contributed by atoms with Gasteiger partial charge in [-0.1, -0.05) is 17.8 Å². The third-order valence-electron chi connectivity index (χ3n) is 2.96. The van der Waals surface area contributed by atoms with Crippen molar-refractivity contribution < 1.29 is 9.47 Å². The smallest absolute Gasteiger partial charge is 0.231 e. The van der Waals surface area contributed by atoms with Gasteiger partial charge in [0.1, 0.15) is 10.8 Å². The average Bonchev–Trinajstić information content (AvgIpc) is 2.92. The van der Waals surface area contributed by atoms with Crippen LogP contribution in [0.2, 0.25) is 0 Å². The molecule has 110 valence electrons. The summed E-state index contributed by atoms with van der Waals surface area (Å²) in [6.07, 6.45) is 1.97. The maximum absolute atomic E-state index is 5.80. The molecule has 0 saturated carbocycles. The first kappa shape index (κ1) is 14.3. The van der Waals surface area contributed by atoms with Gasteiger partial charge in [-0.05, 0) is 24.8 Å². The molecule has 2 heterocycles. The fraction of sp³-hybridized carbons (Fsp3) is 0.286. The molecule has 0 amide bonds. The van der Waals surface area contributed by atoms with Crippen LogP contribution in [0, 0.1) is 6.92 Å². The van der Waals surface area contributed by atoms with E-state index in [2.05, 4.69) is 16.0 Å². The average molecular weight is 321 g/mol. The van der Waals surface area contributed by atoms with Crippen LogP contribution in [0.5, 0.6) is 11.5 Å². The SMILES string of the molecule is CSc1cc(N)nc(SCc2cc(C)cc3c2OCO3)n1. The first-order chi connectivity index (χ1) is 10.2. The summed E-state index contributed by atoms with van der Waals surface area (Å²) in [5.41, 5.74) is 8.03. The number of hydrogen-bond acceptors (Lipinski definition) is 7. The lowest BCUT2D eigenvalue weighted by atomic mass is 10.1. The molecule has 2 N–H and O–H groups in total. The van der Waals surface area contributed by atoms with E-state index < -0.39 is 0 Å². The molecule has 1 aliphatic heterocycles. The normalized spacial score (nSPS) is 12.7. The van der Waals surface area contributed by atoms with Crippen molar-refractivity contribution in [1.29, 1.82) is 0 Å². The third kappa shape index (κ3) is 3.19. The largest absolute Gasteiger partial charge is 0.454 e. The fourth-order valence-electron chi connectivity index (χ4n) is 2.07. The standard InChI is InChI=1S/C14H15N3O2S2/c1-8-3-9(13-10(4-8)18-7-19-13)6-21-14-16-11(15)5-12(17-14)20-2/h3-5H,6-7H2,1-2H3,(H2,15,16,17). The van der Waals surface area contributed by atoms with Crippen LogP contribution in [0.15, 0.2) is 28.4 Å². The van der Waals surface area contributed by atoms with Gasteiger partial charge in [0, 0.05) is 17.4 Å². The molecular weight excluding hydrogens is 306 g/mol. The monoisotopic (exact) mass is 321 g/mol. The molecule has 1 aromatic heterocycles. The van der Waals surface area contributed by atoms with Crippen molar-refractivity contribution in [2.24, 2.45) is 0 Å². The van der Waals surface area contributed by atoms with Gasteiger partial charge in [-0.2, -0.15) is 0 Å². The summed E-state index contributed by atoms with van der Waals surface area (Å²) in [7, 11) is 0. The van der Waals surface area contributed by atoms with Gasteiger partial charge in [-0.15, -0.1) is 11.8 Å². The lowest BCUT2D eigenvalue weighted by Crippen LogP contribution is -1.97. The number of nitrogens with zero attached hydrogens (tertiary/aromatic N) is 2. The second-order valence-corrected chi connectivity index (χ2v) is 6.33. The van der Waals surface area contributed by atoms with Crippen LogP contribution in [0.3, 0.4) is 0 Å². The van der Waals surface area contributed by atoms with Crippen LogP contribution in [0.1, 0.15) is 11.1 Å². The number of hydrogen-bond donors (Lipinski definition) is 1. The predicted molar refractivity (Wildman–Crippen MR) is 85.1 cm³/mol. The molecule has 1 aliphatic rings. The molecule has 0 spiro atoms. The summed E-state index contributed by atoms with van der Waals surface area (Å²) in [6, 6.07) is 5.86. The van der Waals surface area contributed by atoms with Crippen molar-refractivity contribution >= 4 is 29.3 Å². The topological polar surface area (TPSA) is 70.3 Å². The Hall–Kier alpha value is -1.60. The van der Waals surface area contributed by atoms with E-state index in [0.717, 1.165) is 27.7 Å². The first-order valence-electron chi connectivity index (χ1n) is 6.36. The quantitative estimate of drug-likeness (QED) is 0.527. The van der Waals surface area contributed by atoms with E-state index in [4.69, 9.17) is 15.2 Å². The summed E-state index contributed by atoms with van der Waals surface area (Å²) in [4.78, 5) is 8.70. The van der Waals surface area contributed by atoms with Crippen molar-refractivity contribution in [3.63, 3.8) is 0 Å². The van der Waals surface area contributed by atoms with Crippen molar-refractivity contribution in [3.05, 3.63) is 29.3 Å². The van der Waals surface area contributed by atoms with Crippen molar-refractivity contribution in [2.45, 2.75) is 22.9 Å². The Balaban J connectivity index is 1.81. The number of nitrogen functional groups attached to an aromatic ring is 1. The maximum Gasteiger partial charge on any atom is 0.231 e. The van der Waals surface area contributed by atoms with E-state index in [-0.39, 0.29) is 6.79 Å². The fourth-order valence-corrected chi connectivity index (χ4v) is 3.38. The molecular formula is C14H15N3O2S2. The molecule has 0 bridgehead atoms. The molecule has 0 radical (unpaired) electrons. The number of nitrogens with two attached hydrogens (primary N) is 1. The van der Waals surface area contributed by atoms with Crippen LogP contribution in [0.4, 0.5) is 5.82 Å².